The lowest BCUT2D eigenvalue weighted by Crippen LogP contribution is -2.43. The molecule has 0 spiro atoms. The summed E-state index contributed by atoms with van der Waals surface area (Å²) in [6.07, 6.45) is 3.19. The highest BCUT2D eigenvalue weighted by atomic mass is 19.4. The van der Waals surface area contributed by atoms with Crippen molar-refractivity contribution in [2.45, 2.75) is 25.6 Å². The predicted octanol–water partition coefficient (Wildman–Crippen LogP) is 3.21. The van der Waals surface area contributed by atoms with Crippen molar-refractivity contribution in [3.8, 4) is 5.82 Å². The Kier molecular flexibility index (Phi) is 5.88. The summed E-state index contributed by atoms with van der Waals surface area (Å²) >= 11 is 0. The number of carbonyl (C=O) groups is 1. The van der Waals surface area contributed by atoms with Gasteiger partial charge in [-0.1, -0.05) is 6.07 Å². The molecule has 1 aliphatic heterocycles. The third kappa shape index (κ3) is 4.84. The summed E-state index contributed by atoms with van der Waals surface area (Å²) in [7, 11) is 0. The Morgan fingerprint density at radius 3 is 2.74 bits per heavy atom. The monoisotopic (exact) mass is 430 g/mol. The zero-order chi connectivity index (χ0) is 21.8. The van der Waals surface area contributed by atoms with Gasteiger partial charge in [-0.05, 0) is 42.7 Å². The number of pyridine rings is 2. The molecule has 4 heterocycles. The number of hydrogen-bond acceptors (Lipinski definition) is 5. The highest BCUT2D eigenvalue weighted by molar-refractivity contribution is 5.79. The van der Waals surface area contributed by atoms with E-state index in [1.54, 1.807) is 40.3 Å². The number of rotatable bonds is 5. The second-order valence-electron chi connectivity index (χ2n) is 7.35. The van der Waals surface area contributed by atoms with Crippen molar-refractivity contribution in [3.05, 3.63) is 66.2 Å². The van der Waals surface area contributed by atoms with E-state index in [0.717, 1.165) is 11.6 Å². The average molecular weight is 430 g/mol. The van der Waals surface area contributed by atoms with Gasteiger partial charge in [0.25, 0.3) is 0 Å². The molecule has 31 heavy (non-hydrogen) atoms. The first-order chi connectivity index (χ1) is 14.9. The van der Waals surface area contributed by atoms with Crippen LogP contribution in [0.1, 0.15) is 24.0 Å². The van der Waals surface area contributed by atoms with Gasteiger partial charge in [0.1, 0.15) is 5.82 Å². The summed E-state index contributed by atoms with van der Waals surface area (Å²) in [5.41, 5.74) is 0.0420. The maximum absolute atomic E-state index is 13.3. The Balaban J connectivity index is 1.37. The minimum atomic E-state index is -4.49. The molecule has 0 bridgehead atoms. The van der Waals surface area contributed by atoms with Crippen LogP contribution in [0, 0.1) is 5.92 Å². The first-order valence-electron chi connectivity index (χ1n) is 9.91. The van der Waals surface area contributed by atoms with Crippen LogP contribution in [0.5, 0.6) is 0 Å². The number of hydrogen-bond donors (Lipinski definition) is 1. The van der Waals surface area contributed by atoms with Crippen molar-refractivity contribution in [2.75, 3.05) is 18.0 Å². The highest BCUT2D eigenvalue weighted by Gasteiger charge is 2.37. The summed E-state index contributed by atoms with van der Waals surface area (Å²) < 4.78 is 41.6. The topological polar surface area (TPSA) is 75.9 Å². The molecule has 3 aromatic rings. The maximum Gasteiger partial charge on any atom is 0.419 e. The van der Waals surface area contributed by atoms with Gasteiger partial charge < -0.3 is 10.2 Å². The SMILES string of the molecule is O=C(NCc1ccc(-n2cccn2)nc1)[C@@H]1CCCN(c2ncccc2C(F)(F)F)C1. The van der Waals surface area contributed by atoms with Crippen molar-refractivity contribution in [1.29, 1.82) is 0 Å². The van der Waals surface area contributed by atoms with Gasteiger partial charge in [-0.25, -0.2) is 14.6 Å². The maximum atomic E-state index is 13.3. The average Bonchev–Trinajstić information content (AvgIpc) is 3.32. The molecule has 1 saturated heterocycles. The van der Waals surface area contributed by atoms with E-state index in [1.807, 2.05) is 6.07 Å². The Bertz CT molecular complexity index is 1020. The lowest BCUT2D eigenvalue weighted by molar-refractivity contribution is -0.137. The normalized spacial score (nSPS) is 16.9. The van der Waals surface area contributed by atoms with Crippen LogP contribution in [0.15, 0.2) is 55.1 Å². The van der Waals surface area contributed by atoms with Crippen LogP contribution >= 0.6 is 0 Å². The number of aromatic nitrogens is 4. The van der Waals surface area contributed by atoms with Gasteiger partial charge in [-0.15, -0.1) is 0 Å². The molecule has 7 nitrogen and oxygen atoms in total. The lowest BCUT2D eigenvalue weighted by Gasteiger charge is -2.34. The van der Waals surface area contributed by atoms with Crippen molar-refractivity contribution < 1.29 is 18.0 Å². The second kappa shape index (κ2) is 8.75. The van der Waals surface area contributed by atoms with Gasteiger partial charge in [0.2, 0.25) is 5.91 Å². The minimum absolute atomic E-state index is 0.120. The minimum Gasteiger partial charge on any atom is -0.355 e. The Labute approximate surface area is 176 Å². The molecule has 0 radical (unpaired) electrons. The molecule has 162 valence electrons. The number of halogens is 3. The first-order valence-corrected chi connectivity index (χ1v) is 9.91. The molecule has 1 amide bonds. The van der Waals surface area contributed by atoms with Crippen LogP contribution in [0.25, 0.3) is 5.82 Å². The van der Waals surface area contributed by atoms with Crippen LogP contribution in [0.4, 0.5) is 19.0 Å². The Hall–Kier alpha value is -3.43. The molecule has 0 aromatic carbocycles. The quantitative estimate of drug-likeness (QED) is 0.673. The number of anilines is 1. The van der Waals surface area contributed by atoms with Crippen LogP contribution in [-0.4, -0.2) is 38.7 Å². The summed E-state index contributed by atoms with van der Waals surface area (Å²) in [5.74, 6) is -0.0526. The number of nitrogens with one attached hydrogen (secondary N) is 1. The number of nitrogens with zero attached hydrogens (tertiary/aromatic N) is 5. The predicted molar refractivity (Wildman–Crippen MR) is 107 cm³/mol. The Morgan fingerprint density at radius 2 is 2.03 bits per heavy atom. The van der Waals surface area contributed by atoms with Crippen LogP contribution < -0.4 is 10.2 Å². The van der Waals surface area contributed by atoms with E-state index in [9.17, 15) is 18.0 Å². The van der Waals surface area contributed by atoms with Crippen LogP contribution in [-0.2, 0) is 17.5 Å². The largest absolute Gasteiger partial charge is 0.419 e. The van der Waals surface area contributed by atoms with Crippen molar-refractivity contribution in [2.24, 2.45) is 5.92 Å². The molecule has 10 heteroatoms. The Morgan fingerprint density at radius 1 is 1.16 bits per heavy atom. The lowest BCUT2D eigenvalue weighted by atomic mass is 9.96. The summed E-state index contributed by atoms with van der Waals surface area (Å²) in [6.45, 7) is 0.921. The zero-order valence-electron chi connectivity index (χ0n) is 16.6. The number of amides is 1. The third-order valence-corrected chi connectivity index (χ3v) is 5.20. The van der Waals surface area contributed by atoms with E-state index in [4.69, 9.17) is 0 Å². The van der Waals surface area contributed by atoms with Gasteiger partial charge in [0.15, 0.2) is 5.82 Å². The standard InChI is InChI=1S/C21H21F3N6O/c22-21(23,24)17-5-1-8-25-19(17)29-10-2-4-16(14-29)20(31)27-13-15-6-7-18(26-12-15)30-11-3-9-28-30/h1,3,5-9,11-12,16H,2,4,10,13-14H2,(H,27,31)/t16-/m1/s1. The molecule has 4 rings (SSSR count). The molecule has 0 aliphatic carbocycles. The van der Waals surface area contributed by atoms with E-state index in [-0.39, 0.29) is 18.3 Å². The molecule has 1 fully saturated rings. The number of carbonyl (C=O) groups excluding carboxylic acids is 1. The summed E-state index contributed by atoms with van der Waals surface area (Å²) in [5, 5.41) is 6.98. The van der Waals surface area contributed by atoms with Crippen molar-refractivity contribution >= 4 is 11.7 Å². The van der Waals surface area contributed by atoms with Crippen molar-refractivity contribution in [1.82, 2.24) is 25.1 Å². The van der Waals surface area contributed by atoms with E-state index in [1.165, 1.54) is 12.3 Å². The second-order valence-corrected chi connectivity index (χ2v) is 7.35. The molecule has 0 unspecified atom stereocenters. The molecule has 3 aromatic heterocycles. The first kappa shape index (κ1) is 20.8. The van der Waals surface area contributed by atoms with Crippen molar-refractivity contribution in [3.63, 3.8) is 0 Å². The highest BCUT2D eigenvalue weighted by Crippen LogP contribution is 2.36. The van der Waals surface area contributed by atoms with Crippen LogP contribution in [0.3, 0.4) is 0 Å². The van der Waals surface area contributed by atoms with E-state index >= 15 is 0 Å². The molecular weight excluding hydrogens is 409 g/mol. The third-order valence-electron chi connectivity index (χ3n) is 5.20. The van der Waals surface area contributed by atoms with Gasteiger partial charge in [-0.2, -0.15) is 18.3 Å². The van der Waals surface area contributed by atoms with Crippen LogP contribution in [0.2, 0.25) is 0 Å². The fourth-order valence-electron chi connectivity index (χ4n) is 3.65. The van der Waals surface area contributed by atoms with Gasteiger partial charge >= 0.3 is 6.18 Å². The number of piperidine rings is 1. The number of alkyl halides is 3. The zero-order valence-corrected chi connectivity index (χ0v) is 16.6. The smallest absolute Gasteiger partial charge is 0.355 e. The van der Waals surface area contributed by atoms with Gasteiger partial charge in [0.05, 0.1) is 11.5 Å². The molecular formula is C21H21F3N6O. The van der Waals surface area contributed by atoms with E-state index in [0.29, 0.717) is 31.7 Å². The fraction of sp³-hybridized carbons (Fsp3) is 0.333. The fourth-order valence-corrected chi connectivity index (χ4v) is 3.65. The van der Waals surface area contributed by atoms with Gasteiger partial charge in [0, 0.05) is 44.4 Å². The summed E-state index contributed by atoms with van der Waals surface area (Å²) in [4.78, 5) is 22.5. The molecule has 1 N–H and O–H groups in total. The molecule has 1 aliphatic rings. The van der Waals surface area contributed by atoms with Gasteiger partial charge in [-0.3, -0.25) is 4.79 Å². The van der Waals surface area contributed by atoms with E-state index in [2.05, 4.69) is 20.4 Å². The van der Waals surface area contributed by atoms with E-state index < -0.39 is 17.7 Å². The molecule has 0 saturated carbocycles. The molecule has 1 atom stereocenters. The summed E-state index contributed by atoms with van der Waals surface area (Å²) in [6, 6.07) is 7.74.